The van der Waals surface area contributed by atoms with Gasteiger partial charge in [0.25, 0.3) is 5.91 Å². The van der Waals surface area contributed by atoms with Crippen LogP contribution in [0.15, 0.2) is 64.3 Å². The Bertz CT molecular complexity index is 1200. The highest BCUT2D eigenvalue weighted by molar-refractivity contribution is 6.16. The van der Waals surface area contributed by atoms with Gasteiger partial charge < -0.3 is 19.3 Å². The Morgan fingerprint density at radius 1 is 1.06 bits per heavy atom. The third-order valence-electron chi connectivity index (χ3n) is 5.84. The fourth-order valence-corrected chi connectivity index (χ4v) is 4.18. The van der Waals surface area contributed by atoms with Gasteiger partial charge in [-0.3, -0.25) is 9.59 Å². The highest BCUT2D eigenvalue weighted by Gasteiger charge is 2.44. The molecule has 2 heterocycles. The molecule has 1 aromatic heterocycles. The second-order valence-electron chi connectivity index (χ2n) is 8.71. The van der Waals surface area contributed by atoms with E-state index in [1.165, 1.54) is 0 Å². The largest absolute Gasteiger partial charge is 0.503 e. The fraction of sp³-hybridized carbons (Fsp3) is 0.308. The van der Waals surface area contributed by atoms with Crippen LogP contribution in [0.1, 0.15) is 39.7 Å². The number of furan rings is 1. The van der Waals surface area contributed by atoms with Gasteiger partial charge in [-0.1, -0.05) is 41.5 Å². The van der Waals surface area contributed by atoms with Gasteiger partial charge in [0.15, 0.2) is 11.5 Å². The van der Waals surface area contributed by atoms with Crippen molar-refractivity contribution in [3.05, 3.63) is 82.3 Å². The predicted octanol–water partition coefficient (Wildman–Crippen LogP) is 4.58. The maximum absolute atomic E-state index is 13.5. The molecule has 1 amide bonds. The zero-order valence-electron chi connectivity index (χ0n) is 18.9. The number of fused-ring (bicyclic) bond motifs is 1. The molecule has 0 saturated heterocycles. The van der Waals surface area contributed by atoms with Crippen LogP contribution >= 0.6 is 0 Å². The molecule has 6 nitrogen and oxygen atoms in total. The summed E-state index contributed by atoms with van der Waals surface area (Å²) in [6.45, 7) is 5.16. The number of rotatable bonds is 7. The van der Waals surface area contributed by atoms with Gasteiger partial charge in [0.05, 0.1) is 11.6 Å². The molecule has 166 valence electrons. The second-order valence-corrected chi connectivity index (χ2v) is 8.71. The quantitative estimate of drug-likeness (QED) is 0.553. The van der Waals surface area contributed by atoms with E-state index in [1.807, 2.05) is 75.3 Å². The van der Waals surface area contributed by atoms with Gasteiger partial charge in [0.1, 0.15) is 5.58 Å². The number of hydrogen-bond donors (Lipinski definition) is 1. The molecule has 32 heavy (non-hydrogen) atoms. The lowest BCUT2D eigenvalue weighted by Crippen LogP contribution is -2.33. The van der Waals surface area contributed by atoms with E-state index in [4.69, 9.17) is 4.42 Å². The Morgan fingerprint density at radius 3 is 2.44 bits per heavy atom. The average Bonchev–Trinajstić information content (AvgIpc) is 3.27. The van der Waals surface area contributed by atoms with Crippen LogP contribution in [0.2, 0.25) is 0 Å². The molecule has 1 aliphatic heterocycles. The fourth-order valence-electron chi connectivity index (χ4n) is 4.18. The maximum atomic E-state index is 13.5. The topological polar surface area (TPSA) is 74.0 Å². The number of ketones is 1. The minimum absolute atomic E-state index is 0.0690. The molecule has 0 fully saturated rings. The lowest BCUT2D eigenvalue weighted by molar-refractivity contribution is -0.129. The first-order chi connectivity index (χ1) is 15.3. The summed E-state index contributed by atoms with van der Waals surface area (Å²) in [5.74, 6) is -1.37. The molecule has 0 bridgehead atoms. The maximum Gasteiger partial charge on any atom is 0.290 e. The van der Waals surface area contributed by atoms with Crippen molar-refractivity contribution in [2.75, 3.05) is 27.2 Å². The van der Waals surface area contributed by atoms with E-state index < -0.39 is 23.5 Å². The van der Waals surface area contributed by atoms with E-state index in [2.05, 4.69) is 0 Å². The lowest BCUT2D eigenvalue weighted by atomic mass is 9.94. The summed E-state index contributed by atoms with van der Waals surface area (Å²) in [4.78, 5) is 30.2. The van der Waals surface area contributed by atoms with Crippen molar-refractivity contribution >= 4 is 22.7 Å². The van der Waals surface area contributed by atoms with Crippen LogP contribution in [0.3, 0.4) is 0 Å². The molecule has 0 saturated carbocycles. The van der Waals surface area contributed by atoms with Gasteiger partial charge in [0, 0.05) is 11.9 Å². The van der Waals surface area contributed by atoms with Crippen LogP contribution in [-0.2, 0) is 4.79 Å². The number of Topliss-reactive ketones (excluding diaryl/α,β-unsaturated/α-hetero) is 1. The van der Waals surface area contributed by atoms with E-state index in [1.54, 1.807) is 11.0 Å². The van der Waals surface area contributed by atoms with Crippen LogP contribution in [0, 0.1) is 13.8 Å². The van der Waals surface area contributed by atoms with Crippen molar-refractivity contribution in [3.8, 4) is 0 Å². The monoisotopic (exact) mass is 432 g/mol. The van der Waals surface area contributed by atoms with Crippen molar-refractivity contribution in [2.24, 2.45) is 0 Å². The number of carbonyl (C=O) groups excluding carboxylic acids is 2. The molecule has 1 aliphatic rings. The molecule has 1 unspecified atom stereocenters. The molecule has 6 heteroatoms. The van der Waals surface area contributed by atoms with Crippen LogP contribution in [0.5, 0.6) is 0 Å². The summed E-state index contributed by atoms with van der Waals surface area (Å²) in [6, 6.07) is 14.4. The molecule has 3 aromatic rings. The van der Waals surface area contributed by atoms with Crippen molar-refractivity contribution < 1.29 is 19.1 Å². The molecular weight excluding hydrogens is 404 g/mol. The first-order valence-corrected chi connectivity index (χ1v) is 10.8. The van der Waals surface area contributed by atoms with Crippen LogP contribution in [0.25, 0.3) is 11.0 Å². The smallest absolute Gasteiger partial charge is 0.290 e. The van der Waals surface area contributed by atoms with Crippen molar-refractivity contribution in [1.29, 1.82) is 0 Å². The third kappa shape index (κ3) is 4.06. The molecule has 0 spiro atoms. The molecule has 0 radical (unpaired) electrons. The highest BCUT2D eigenvalue weighted by Crippen LogP contribution is 2.39. The van der Waals surface area contributed by atoms with E-state index >= 15 is 0 Å². The number of amides is 1. The van der Waals surface area contributed by atoms with E-state index in [0.717, 1.165) is 35.0 Å². The number of carbonyl (C=O) groups is 2. The summed E-state index contributed by atoms with van der Waals surface area (Å²) >= 11 is 0. The SMILES string of the molecule is Cc1ccc(C2C(C(=O)c3cc4cc(C)ccc4o3)=C(O)C(=O)N2CCCN(C)C)cc1. The van der Waals surface area contributed by atoms with Crippen molar-refractivity contribution in [3.63, 3.8) is 0 Å². The Morgan fingerprint density at radius 2 is 1.75 bits per heavy atom. The Hall–Kier alpha value is -3.38. The molecule has 1 N–H and O–H groups in total. The summed E-state index contributed by atoms with van der Waals surface area (Å²) in [6.07, 6.45) is 0.722. The van der Waals surface area contributed by atoms with Crippen molar-refractivity contribution in [1.82, 2.24) is 9.80 Å². The number of aliphatic hydroxyl groups excluding tert-OH is 1. The van der Waals surface area contributed by atoms with Crippen LogP contribution in [-0.4, -0.2) is 53.8 Å². The second kappa shape index (κ2) is 8.63. The van der Waals surface area contributed by atoms with Gasteiger partial charge in [-0.05, 0) is 64.7 Å². The molecule has 0 aliphatic carbocycles. The number of benzene rings is 2. The first-order valence-electron chi connectivity index (χ1n) is 10.8. The highest BCUT2D eigenvalue weighted by atomic mass is 16.3. The minimum Gasteiger partial charge on any atom is -0.503 e. The van der Waals surface area contributed by atoms with Gasteiger partial charge in [-0.25, -0.2) is 0 Å². The summed E-state index contributed by atoms with van der Waals surface area (Å²) < 4.78 is 5.80. The number of nitrogens with zero attached hydrogens (tertiary/aromatic N) is 2. The zero-order chi connectivity index (χ0) is 23.0. The molecule has 1 atom stereocenters. The summed E-state index contributed by atoms with van der Waals surface area (Å²) in [5, 5.41) is 11.6. The molecule has 4 rings (SSSR count). The molecule has 2 aromatic carbocycles. The van der Waals surface area contributed by atoms with Gasteiger partial charge in [-0.2, -0.15) is 0 Å². The standard InChI is InChI=1S/C26H28N2O4/c1-16-6-9-18(10-7-16)23-22(25(30)26(31)28(23)13-5-12-27(3)4)24(29)21-15-19-14-17(2)8-11-20(19)32-21/h6-11,14-15,23,30H,5,12-13H2,1-4H3. The zero-order valence-corrected chi connectivity index (χ0v) is 18.9. The van der Waals surface area contributed by atoms with E-state index in [0.29, 0.717) is 12.1 Å². The van der Waals surface area contributed by atoms with E-state index in [9.17, 15) is 14.7 Å². The lowest BCUT2D eigenvalue weighted by Gasteiger charge is -2.27. The predicted molar refractivity (Wildman–Crippen MR) is 124 cm³/mol. The Kier molecular flexibility index (Phi) is 5.89. The van der Waals surface area contributed by atoms with Gasteiger partial charge >= 0.3 is 0 Å². The average molecular weight is 433 g/mol. The summed E-state index contributed by atoms with van der Waals surface area (Å²) in [5.41, 5.74) is 3.58. The van der Waals surface area contributed by atoms with Crippen molar-refractivity contribution in [2.45, 2.75) is 26.3 Å². The Balaban J connectivity index is 1.74. The summed E-state index contributed by atoms with van der Waals surface area (Å²) in [7, 11) is 3.94. The van der Waals surface area contributed by atoms with Gasteiger partial charge in [0.2, 0.25) is 5.78 Å². The first kappa shape index (κ1) is 21.8. The van der Waals surface area contributed by atoms with Gasteiger partial charge in [-0.15, -0.1) is 0 Å². The van der Waals surface area contributed by atoms with Crippen LogP contribution < -0.4 is 0 Å². The number of hydrogen-bond acceptors (Lipinski definition) is 5. The van der Waals surface area contributed by atoms with E-state index in [-0.39, 0.29) is 11.3 Å². The third-order valence-corrected chi connectivity index (χ3v) is 5.84. The van der Waals surface area contributed by atoms with Crippen LogP contribution in [0.4, 0.5) is 0 Å². The minimum atomic E-state index is -0.660. The Labute approximate surface area is 187 Å². The number of aliphatic hydroxyl groups is 1. The molecular formula is C26H28N2O4. The number of aryl methyl sites for hydroxylation is 2. The normalized spacial score (nSPS) is 16.6.